The number of rotatable bonds is 4. The second-order valence-corrected chi connectivity index (χ2v) is 5.58. The molecule has 0 aliphatic rings. The summed E-state index contributed by atoms with van der Waals surface area (Å²) in [5, 5.41) is 4.39. The van der Waals surface area contributed by atoms with Gasteiger partial charge < -0.3 is 9.32 Å². The lowest BCUT2D eigenvalue weighted by Crippen LogP contribution is -2.26. The highest BCUT2D eigenvalue weighted by Crippen LogP contribution is 2.19. The second kappa shape index (κ2) is 6.12. The van der Waals surface area contributed by atoms with Crippen LogP contribution in [0.3, 0.4) is 0 Å². The Balaban J connectivity index is 1.87. The van der Waals surface area contributed by atoms with Crippen LogP contribution < -0.4 is 0 Å². The van der Waals surface area contributed by atoms with Crippen molar-refractivity contribution in [1.82, 2.24) is 14.7 Å². The van der Waals surface area contributed by atoms with E-state index in [4.69, 9.17) is 4.42 Å². The highest BCUT2D eigenvalue weighted by molar-refractivity contribution is 5.95. The molecule has 118 valence electrons. The minimum absolute atomic E-state index is 0.0706. The van der Waals surface area contributed by atoms with Crippen LogP contribution in [-0.4, -0.2) is 27.6 Å². The first-order valence-electron chi connectivity index (χ1n) is 7.46. The molecule has 0 bridgehead atoms. The van der Waals surface area contributed by atoms with Gasteiger partial charge in [-0.25, -0.2) is 4.68 Å². The van der Waals surface area contributed by atoms with E-state index in [1.165, 1.54) is 0 Å². The quantitative estimate of drug-likeness (QED) is 0.742. The van der Waals surface area contributed by atoms with Crippen molar-refractivity contribution in [3.63, 3.8) is 0 Å². The summed E-state index contributed by atoms with van der Waals surface area (Å²) in [4.78, 5) is 14.3. The largest absolute Gasteiger partial charge is 0.467 e. The molecule has 0 spiro atoms. The molecule has 5 heteroatoms. The number of para-hydroxylation sites is 1. The van der Waals surface area contributed by atoms with E-state index in [2.05, 4.69) is 5.10 Å². The van der Waals surface area contributed by atoms with Gasteiger partial charge in [0.15, 0.2) is 0 Å². The predicted octanol–water partition coefficient (Wildman–Crippen LogP) is 3.35. The van der Waals surface area contributed by atoms with E-state index in [1.54, 1.807) is 24.4 Å². The number of carbonyl (C=O) groups is 1. The number of nitrogens with zero attached hydrogens (tertiary/aromatic N) is 3. The molecule has 5 nitrogen and oxygen atoms in total. The van der Waals surface area contributed by atoms with E-state index in [0.717, 1.165) is 22.7 Å². The topological polar surface area (TPSA) is 51.3 Å². The lowest BCUT2D eigenvalue weighted by atomic mass is 10.2. The number of hydrogen-bond acceptors (Lipinski definition) is 3. The van der Waals surface area contributed by atoms with Crippen LogP contribution in [0.4, 0.5) is 0 Å². The number of aryl methyl sites for hydroxylation is 1. The zero-order chi connectivity index (χ0) is 16.4. The van der Waals surface area contributed by atoms with Crippen LogP contribution in [0.15, 0.2) is 53.3 Å². The maximum absolute atomic E-state index is 12.7. The molecule has 0 radical (unpaired) electrons. The molecular formula is C18H19N3O2. The van der Waals surface area contributed by atoms with Crippen LogP contribution in [0.1, 0.15) is 27.4 Å². The minimum Gasteiger partial charge on any atom is -0.467 e. The first-order valence-corrected chi connectivity index (χ1v) is 7.46. The summed E-state index contributed by atoms with van der Waals surface area (Å²) < 4.78 is 7.10. The van der Waals surface area contributed by atoms with Crippen molar-refractivity contribution in [2.75, 3.05) is 7.05 Å². The van der Waals surface area contributed by atoms with E-state index < -0.39 is 0 Å². The Labute approximate surface area is 135 Å². The third-order valence-electron chi connectivity index (χ3n) is 3.90. The third kappa shape index (κ3) is 2.90. The highest BCUT2D eigenvalue weighted by atomic mass is 16.3. The Morgan fingerprint density at radius 2 is 2.00 bits per heavy atom. The van der Waals surface area contributed by atoms with Crippen molar-refractivity contribution in [3.8, 4) is 5.69 Å². The number of carbonyl (C=O) groups excluding carboxylic acids is 1. The smallest absolute Gasteiger partial charge is 0.257 e. The van der Waals surface area contributed by atoms with Crippen LogP contribution >= 0.6 is 0 Å². The molecule has 0 saturated heterocycles. The van der Waals surface area contributed by atoms with E-state index in [0.29, 0.717) is 12.1 Å². The van der Waals surface area contributed by atoms with Crippen LogP contribution in [-0.2, 0) is 6.54 Å². The Morgan fingerprint density at radius 3 is 2.70 bits per heavy atom. The first-order chi connectivity index (χ1) is 11.1. The number of benzene rings is 1. The van der Waals surface area contributed by atoms with Gasteiger partial charge in [-0.3, -0.25) is 4.79 Å². The van der Waals surface area contributed by atoms with E-state index in [1.807, 2.05) is 54.9 Å². The van der Waals surface area contributed by atoms with E-state index >= 15 is 0 Å². The van der Waals surface area contributed by atoms with E-state index in [-0.39, 0.29) is 5.91 Å². The molecule has 2 aromatic heterocycles. The molecule has 3 aromatic rings. The molecule has 0 aliphatic carbocycles. The lowest BCUT2D eigenvalue weighted by molar-refractivity contribution is 0.0774. The molecule has 1 amide bonds. The SMILES string of the molecule is Cc1ccccc1-n1ncc(C(=O)N(C)Cc2ccco2)c1C. The fraction of sp³-hybridized carbons (Fsp3) is 0.222. The molecule has 2 heterocycles. The van der Waals surface area contributed by atoms with Gasteiger partial charge in [-0.15, -0.1) is 0 Å². The molecule has 3 rings (SSSR count). The average molecular weight is 309 g/mol. The zero-order valence-electron chi connectivity index (χ0n) is 13.5. The molecule has 0 N–H and O–H groups in total. The van der Waals surface area contributed by atoms with Crippen molar-refractivity contribution in [1.29, 1.82) is 0 Å². The number of hydrogen-bond donors (Lipinski definition) is 0. The molecular weight excluding hydrogens is 290 g/mol. The molecule has 0 fully saturated rings. The van der Waals surface area contributed by atoms with Crippen molar-refractivity contribution in [2.45, 2.75) is 20.4 Å². The molecule has 0 unspecified atom stereocenters. The summed E-state index contributed by atoms with van der Waals surface area (Å²) in [7, 11) is 1.76. The summed E-state index contributed by atoms with van der Waals surface area (Å²) in [6.07, 6.45) is 3.23. The van der Waals surface area contributed by atoms with E-state index in [9.17, 15) is 4.79 Å². The Kier molecular flexibility index (Phi) is 4.02. The summed E-state index contributed by atoms with van der Waals surface area (Å²) >= 11 is 0. The van der Waals surface area contributed by atoms with Gasteiger partial charge in [0.05, 0.1) is 35.9 Å². The fourth-order valence-corrected chi connectivity index (χ4v) is 2.58. The van der Waals surface area contributed by atoms with Gasteiger partial charge in [0.25, 0.3) is 5.91 Å². The normalized spacial score (nSPS) is 10.7. The van der Waals surface area contributed by atoms with Crippen molar-refractivity contribution in [2.24, 2.45) is 0 Å². The minimum atomic E-state index is -0.0706. The molecule has 23 heavy (non-hydrogen) atoms. The van der Waals surface area contributed by atoms with Gasteiger partial charge in [0.2, 0.25) is 0 Å². The molecule has 1 aromatic carbocycles. The standard InChI is InChI=1S/C18H19N3O2/c1-13-7-4-5-9-17(13)21-14(2)16(11-19-21)18(22)20(3)12-15-8-6-10-23-15/h4-11H,12H2,1-3H3. The monoisotopic (exact) mass is 309 g/mol. The average Bonchev–Trinajstić information content (AvgIpc) is 3.17. The van der Waals surface area contributed by atoms with Gasteiger partial charge in [0.1, 0.15) is 5.76 Å². The molecule has 0 atom stereocenters. The van der Waals surface area contributed by atoms with Crippen molar-refractivity contribution in [3.05, 3.63) is 71.4 Å². The van der Waals surface area contributed by atoms with Crippen LogP contribution in [0.5, 0.6) is 0 Å². The third-order valence-corrected chi connectivity index (χ3v) is 3.90. The van der Waals surface area contributed by atoms with Gasteiger partial charge in [-0.05, 0) is 37.6 Å². The Morgan fingerprint density at radius 1 is 1.22 bits per heavy atom. The van der Waals surface area contributed by atoms with Gasteiger partial charge in [-0.1, -0.05) is 18.2 Å². The van der Waals surface area contributed by atoms with Crippen LogP contribution in [0, 0.1) is 13.8 Å². The number of aromatic nitrogens is 2. The summed E-state index contributed by atoms with van der Waals surface area (Å²) in [5.41, 5.74) is 3.53. The number of amides is 1. The molecule has 0 saturated carbocycles. The van der Waals surface area contributed by atoms with Gasteiger partial charge in [-0.2, -0.15) is 5.10 Å². The Hall–Kier alpha value is -2.82. The lowest BCUT2D eigenvalue weighted by Gasteiger charge is -2.15. The highest BCUT2D eigenvalue weighted by Gasteiger charge is 2.19. The maximum Gasteiger partial charge on any atom is 0.257 e. The first kappa shape index (κ1) is 15.1. The van der Waals surface area contributed by atoms with Gasteiger partial charge in [0, 0.05) is 7.05 Å². The number of furan rings is 1. The van der Waals surface area contributed by atoms with Gasteiger partial charge >= 0.3 is 0 Å². The summed E-state index contributed by atoms with van der Waals surface area (Å²) in [6, 6.07) is 11.6. The zero-order valence-corrected chi connectivity index (χ0v) is 13.5. The summed E-state index contributed by atoms with van der Waals surface area (Å²) in [6.45, 7) is 4.37. The maximum atomic E-state index is 12.7. The van der Waals surface area contributed by atoms with Crippen LogP contribution in [0.25, 0.3) is 5.69 Å². The van der Waals surface area contributed by atoms with Crippen molar-refractivity contribution < 1.29 is 9.21 Å². The van der Waals surface area contributed by atoms with Crippen LogP contribution in [0.2, 0.25) is 0 Å². The summed E-state index contributed by atoms with van der Waals surface area (Å²) in [5.74, 6) is 0.684. The second-order valence-electron chi connectivity index (χ2n) is 5.58. The van der Waals surface area contributed by atoms with Crippen molar-refractivity contribution >= 4 is 5.91 Å². The Bertz CT molecular complexity index is 819. The predicted molar refractivity (Wildman–Crippen MR) is 87.5 cm³/mol. The molecule has 0 aliphatic heterocycles. The fourth-order valence-electron chi connectivity index (χ4n) is 2.58.